The van der Waals surface area contributed by atoms with E-state index in [1.54, 1.807) is 0 Å². The standard InChI is InChI=1S/C24H37N3OS/c1-24(19-7-4-3-5-8-19)15-6-9-20(12-16-24)25-23(28)26(2)21-13-17-27(18-14-21)29-22-10-11-22/h3-5,7-8,20-22H,6,9-18H2,1-2H3,(H,25,28)/t20?,24-/m0/s1. The van der Waals surface area contributed by atoms with Gasteiger partial charge in [0.15, 0.2) is 0 Å². The summed E-state index contributed by atoms with van der Waals surface area (Å²) in [6.07, 6.45) is 10.7. The predicted octanol–water partition coefficient (Wildman–Crippen LogP) is 5.19. The minimum atomic E-state index is 0.131. The number of benzene rings is 1. The summed E-state index contributed by atoms with van der Waals surface area (Å²) in [5.74, 6) is 0. The highest BCUT2D eigenvalue weighted by molar-refractivity contribution is 7.97. The van der Waals surface area contributed by atoms with Gasteiger partial charge in [-0.3, -0.25) is 4.31 Å². The molecule has 0 spiro atoms. The zero-order valence-corrected chi connectivity index (χ0v) is 18.9. The highest BCUT2D eigenvalue weighted by Crippen LogP contribution is 2.39. The third-order valence-corrected chi connectivity index (χ3v) is 8.67. The van der Waals surface area contributed by atoms with Gasteiger partial charge in [0.2, 0.25) is 0 Å². The lowest BCUT2D eigenvalue weighted by Gasteiger charge is -2.36. The van der Waals surface area contributed by atoms with E-state index in [0.29, 0.717) is 12.1 Å². The van der Waals surface area contributed by atoms with Crippen molar-refractivity contribution < 1.29 is 4.79 Å². The fourth-order valence-electron chi connectivity index (χ4n) is 4.94. The first kappa shape index (κ1) is 21.0. The van der Waals surface area contributed by atoms with E-state index < -0.39 is 0 Å². The molecule has 1 aliphatic heterocycles. The Labute approximate surface area is 180 Å². The van der Waals surface area contributed by atoms with Crippen LogP contribution in [0.1, 0.15) is 70.3 Å². The molecule has 3 fully saturated rings. The molecule has 4 rings (SSSR count). The van der Waals surface area contributed by atoms with Crippen molar-refractivity contribution >= 4 is 18.0 Å². The van der Waals surface area contributed by atoms with E-state index in [1.807, 2.05) is 11.9 Å². The van der Waals surface area contributed by atoms with Gasteiger partial charge in [0.05, 0.1) is 0 Å². The zero-order valence-electron chi connectivity index (χ0n) is 18.1. The van der Waals surface area contributed by atoms with Crippen LogP contribution in [0.3, 0.4) is 0 Å². The summed E-state index contributed by atoms with van der Waals surface area (Å²) in [6.45, 7) is 4.62. The van der Waals surface area contributed by atoms with Crippen LogP contribution in [0.15, 0.2) is 30.3 Å². The smallest absolute Gasteiger partial charge is 0.317 e. The minimum absolute atomic E-state index is 0.131. The van der Waals surface area contributed by atoms with E-state index in [1.165, 1.54) is 31.2 Å². The van der Waals surface area contributed by atoms with Crippen molar-refractivity contribution in [3.05, 3.63) is 35.9 Å². The Balaban J connectivity index is 1.25. The lowest BCUT2D eigenvalue weighted by molar-refractivity contribution is 0.161. The molecule has 0 bridgehead atoms. The molecule has 29 heavy (non-hydrogen) atoms. The topological polar surface area (TPSA) is 35.6 Å². The molecule has 1 heterocycles. The van der Waals surface area contributed by atoms with Gasteiger partial charge < -0.3 is 10.2 Å². The van der Waals surface area contributed by atoms with E-state index in [2.05, 4.69) is 58.8 Å². The minimum Gasteiger partial charge on any atom is -0.335 e. The Bertz CT molecular complexity index is 672. The number of nitrogens with one attached hydrogen (secondary N) is 1. The maximum absolute atomic E-state index is 12.9. The molecule has 2 saturated carbocycles. The van der Waals surface area contributed by atoms with E-state index >= 15 is 0 Å². The average molecular weight is 416 g/mol. The van der Waals surface area contributed by atoms with Crippen LogP contribution in [0.5, 0.6) is 0 Å². The number of urea groups is 1. The third-order valence-electron chi connectivity index (χ3n) is 7.24. The summed E-state index contributed by atoms with van der Waals surface area (Å²) in [7, 11) is 1.99. The van der Waals surface area contributed by atoms with Gasteiger partial charge in [0.25, 0.3) is 0 Å². The van der Waals surface area contributed by atoms with Crippen LogP contribution in [0, 0.1) is 0 Å². The molecule has 0 radical (unpaired) electrons. The molecule has 1 N–H and O–H groups in total. The highest BCUT2D eigenvalue weighted by atomic mass is 32.2. The van der Waals surface area contributed by atoms with Gasteiger partial charge in [-0.2, -0.15) is 0 Å². The van der Waals surface area contributed by atoms with Gasteiger partial charge >= 0.3 is 6.03 Å². The third kappa shape index (κ3) is 5.49. The van der Waals surface area contributed by atoms with E-state index in [4.69, 9.17) is 0 Å². The number of piperidine rings is 1. The van der Waals surface area contributed by atoms with Crippen LogP contribution in [0.2, 0.25) is 0 Å². The van der Waals surface area contributed by atoms with Gasteiger partial charge in [-0.15, -0.1) is 0 Å². The lowest BCUT2D eigenvalue weighted by Crippen LogP contribution is -2.50. The summed E-state index contributed by atoms with van der Waals surface area (Å²) in [5, 5.41) is 4.25. The first-order valence-electron chi connectivity index (χ1n) is 11.5. The Morgan fingerprint density at radius 1 is 1.07 bits per heavy atom. The number of hydrogen-bond donors (Lipinski definition) is 1. The highest BCUT2D eigenvalue weighted by Gasteiger charge is 2.33. The Morgan fingerprint density at radius 2 is 1.79 bits per heavy atom. The molecule has 4 nitrogen and oxygen atoms in total. The maximum atomic E-state index is 12.9. The maximum Gasteiger partial charge on any atom is 0.317 e. The van der Waals surface area contributed by atoms with Crippen LogP contribution < -0.4 is 5.32 Å². The molecule has 0 aromatic heterocycles. The van der Waals surface area contributed by atoms with Crippen molar-refractivity contribution in [3.63, 3.8) is 0 Å². The molecule has 2 amide bonds. The first-order valence-corrected chi connectivity index (χ1v) is 12.4. The summed E-state index contributed by atoms with van der Waals surface area (Å²) in [6, 6.07) is 11.7. The van der Waals surface area contributed by atoms with E-state index in [9.17, 15) is 4.79 Å². The summed E-state index contributed by atoms with van der Waals surface area (Å²) in [5.41, 5.74) is 1.68. The molecule has 1 aromatic carbocycles. The van der Waals surface area contributed by atoms with Crippen LogP contribution in [0.4, 0.5) is 4.79 Å². The van der Waals surface area contributed by atoms with Crippen molar-refractivity contribution in [3.8, 4) is 0 Å². The number of carbonyl (C=O) groups is 1. The quantitative estimate of drug-likeness (QED) is 0.531. The molecule has 2 aliphatic carbocycles. The van der Waals surface area contributed by atoms with Crippen LogP contribution in [-0.4, -0.2) is 52.7 Å². The number of nitrogens with zero attached hydrogens (tertiary/aromatic N) is 2. The van der Waals surface area contributed by atoms with Crippen molar-refractivity contribution in [2.45, 2.75) is 87.5 Å². The Kier molecular flexibility index (Phi) is 6.75. The fourth-order valence-corrected chi connectivity index (χ4v) is 6.13. The monoisotopic (exact) mass is 415 g/mol. The lowest BCUT2D eigenvalue weighted by atomic mass is 9.76. The molecular weight excluding hydrogens is 378 g/mol. The van der Waals surface area contributed by atoms with Crippen molar-refractivity contribution in [2.75, 3.05) is 20.1 Å². The summed E-state index contributed by atoms with van der Waals surface area (Å²) < 4.78 is 2.52. The van der Waals surface area contributed by atoms with Gasteiger partial charge in [-0.05, 0) is 62.3 Å². The van der Waals surface area contributed by atoms with Gasteiger partial charge in [0, 0.05) is 37.5 Å². The summed E-state index contributed by atoms with van der Waals surface area (Å²) in [4.78, 5) is 14.9. The molecule has 2 atom stereocenters. The predicted molar refractivity (Wildman–Crippen MR) is 122 cm³/mol. The number of hydrogen-bond acceptors (Lipinski definition) is 3. The second-order valence-corrected chi connectivity index (χ2v) is 11.0. The van der Waals surface area contributed by atoms with Gasteiger partial charge in [-0.25, -0.2) is 4.79 Å². The van der Waals surface area contributed by atoms with Crippen molar-refractivity contribution in [1.82, 2.24) is 14.5 Å². The molecule has 160 valence electrons. The average Bonchev–Trinajstić information content (AvgIpc) is 3.58. The molecule has 5 heteroatoms. The Morgan fingerprint density at radius 3 is 2.48 bits per heavy atom. The van der Waals surface area contributed by atoms with Crippen LogP contribution >= 0.6 is 11.9 Å². The number of carbonyl (C=O) groups excluding carboxylic acids is 1. The molecular formula is C24H37N3OS. The van der Waals surface area contributed by atoms with E-state index in [-0.39, 0.29) is 11.4 Å². The van der Waals surface area contributed by atoms with Crippen LogP contribution in [0.25, 0.3) is 0 Å². The number of rotatable bonds is 5. The van der Waals surface area contributed by atoms with Gasteiger partial charge in [-0.1, -0.05) is 55.6 Å². The molecule has 1 aromatic rings. The van der Waals surface area contributed by atoms with Crippen LogP contribution in [-0.2, 0) is 5.41 Å². The molecule has 1 saturated heterocycles. The second-order valence-electron chi connectivity index (χ2n) is 9.58. The first-order chi connectivity index (χ1) is 14.0. The number of amides is 2. The molecule has 3 aliphatic rings. The van der Waals surface area contributed by atoms with Crippen molar-refractivity contribution in [2.24, 2.45) is 0 Å². The molecule has 1 unspecified atom stereocenters. The largest absolute Gasteiger partial charge is 0.335 e. The Hall–Kier alpha value is -1.20. The fraction of sp³-hybridized carbons (Fsp3) is 0.708. The van der Waals surface area contributed by atoms with E-state index in [0.717, 1.165) is 50.4 Å². The summed E-state index contributed by atoms with van der Waals surface area (Å²) >= 11 is 2.05. The SMILES string of the molecule is CN(C(=O)NC1CCC[C@](C)(c2ccccc2)CC1)C1CCN(SC2CC2)CC1. The van der Waals surface area contributed by atoms with Crippen molar-refractivity contribution in [1.29, 1.82) is 0 Å². The van der Waals surface area contributed by atoms with Gasteiger partial charge in [0.1, 0.15) is 0 Å². The zero-order chi connectivity index (χ0) is 20.3. The second kappa shape index (κ2) is 9.30. The normalized spacial score (nSPS) is 29.2.